The number of nitrogens with two attached hydrogens (primary N) is 2. The Labute approximate surface area is 191 Å². The number of carbonyl (C=O) groups is 1. The van der Waals surface area contributed by atoms with E-state index < -0.39 is 15.9 Å². The highest BCUT2D eigenvalue weighted by atomic mass is 35.5. The van der Waals surface area contributed by atoms with Crippen LogP contribution in [0.15, 0.2) is 24.3 Å². The van der Waals surface area contributed by atoms with E-state index in [4.69, 9.17) is 34.7 Å². The number of carbonyl (C=O) groups excluding carboxylic acids is 1. The molecule has 1 heterocycles. The van der Waals surface area contributed by atoms with Gasteiger partial charge in [-0.05, 0) is 24.3 Å². The van der Waals surface area contributed by atoms with Crippen molar-refractivity contribution in [3.8, 4) is 0 Å². The van der Waals surface area contributed by atoms with Crippen molar-refractivity contribution in [1.29, 1.82) is 0 Å². The summed E-state index contributed by atoms with van der Waals surface area (Å²) in [5.41, 5.74) is 11.6. The number of halogens is 2. The van der Waals surface area contributed by atoms with Gasteiger partial charge in [-0.3, -0.25) is 9.10 Å². The summed E-state index contributed by atoms with van der Waals surface area (Å²) in [7, 11) is 0.390. The number of sulfonamides is 1. The molecule has 10 nitrogen and oxygen atoms in total. The van der Waals surface area contributed by atoms with Crippen LogP contribution in [-0.2, 0) is 10.0 Å². The minimum Gasteiger partial charge on any atom is -0.382 e. The van der Waals surface area contributed by atoms with Crippen LogP contribution in [-0.4, -0.2) is 75.3 Å². The van der Waals surface area contributed by atoms with Gasteiger partial charge in [0.25, 0.3) is 5.91 Å². The van der Waals surface area contributed by atoms with E-state index in [9.17, 15) is 13.2 Å². The van der Waals surface area contributed by atoms with Crippen molar-refractivity contribution in [2.24, 2.45) is 0 Å². The highest BCUT2D eigenvalue weighted by Gasteiger charge is 2.23. The smallest absolute Gasteiger partial charge is 0.273 e. The lowest BCUT2D eigenvalue weighted by Crippen LogP contribution is -2.50. The second-order valence-electron chi connectivity index (χ2n) is 7.58. The van der Waals surface area contributed by atoms with Gasteiger partial charge in [0.05, 0.1) is 52.2 Å². The zero-order valence-corrected chi connectivity index (χ0v) is 19.8. The van der Waals surface area contributed by atoms with Crippen molar-refractivity contribution in [3.63, 3.8) is 0 Å². The summed E-state index contributed by atoms with van der Waals surface area (Å²) in [5.74, 6) is -0.685. The molecular weight excluding hydrogens is 465 g/mol. The number of benzene rings is 1. The van der Waals surface area contributed by atoms with Gasteiger partial charge in [0.2, 0.25) is 10.0 Å². The Balaban J connectivity index is 1.97. The van der Waals surface area contributed by atoms with E-state index in [-0.39, 0.29) is 29.0 Å². The molecule has 0 saturated carbocycles. The molecule has 1 aromatic heterocycles. The molecule has 0 aliphatic heterocycles. The number of aromatic nitrogens is 2. The fourth-order valence-electron chi connectivity index (χ4n) is 2.73. The molecule has 0 spiro atoms. The van der Waals surface area contributed by atoms with E-state index in [1.807, 2.05) is 14.1 Å². The van der Waals surface area contributed by atoms with E-state index in [0.29, 0.717) is 34.8 Å². The van der Waals surface area contributed by atoms with Crippen LogP contribution in [0.5, 0.6) is 0 Å². The third-order valence-electron chi connectivity index (χ3n) is 4.55. The summed E-state index contributed by atoms with van der Waals surface area (Å²) in [5, 5.41) is 3.14. The molecule has 0 unspecified atom stereocenters. The molecular formula is C18H26Cl2N7O3S+. The van der Waals surface area contributed by atoms with Gasteiger partial charge in [-0.15, -0.1) is 0 Å². The average molecular weight is 491 g/mol. The van der Waals surface area contributed by atoms with Crippen LogP contribution in [0.4, 0.5) is 17.3 Å². The summed E-state index contributed by atoms with van der Waals surface area (Å²) < 4.78 is 26.3. The van der Waals surface area contributed by atoms with Crippen LogP contribution in [0.2, 0.25) is 10.2 Å². The first kappa shape index (κ1) is 24.9. The molecule has 1 amide bonds. The van der Waals surface area contributed by atoms with Crippen molar-refractivity contribution in [2.75, 3.05) is 62.3 Å². The van der Waals surface area contributed by atoms with Crippen LogP contribution in [0.1, 0.15) is 10.5 Å². The van der Waals surface area contributed by atoms with Gasteiger partial charge < -0.3 is 21.3 Å². The zero-order valence-electron chi connectivity index (χ0n) is 17.5. The summed E-state index contributed by atoms with van der Waals surface area (Å²) in [6.45, 7) is 1.59. The van der Waals surface area contributed by atoms with Crippen LogP contribution in [0, 0.1) is 0 Å². The van der Waals surface area contributed by atoms with E-state index in [1.165, 1.54) is 4.31 Å². The topological polar surface area (TPSA) is 144 Å². The standard InChI is InChI=1S/C18H25Cl2N7O3S/c1-27(2,10-8-23-18(28)14-16(21)25-17(22)15(20)24-14)11-9-26(31(3,29)30)13-6-4-12(19)5-7-13/h4-7H,8-11H2,1-3H3,(H4-,21,22,23,25,28)/p+1. The van der Waals surface area contributed by atoms with Gasteiger partial charge in [-0.1, -0.05) is 23.2 Å². The SMILES string of the molecule is C[N+](C)(CCNC(=O)c1nc(Cl)c(N)nc1N)CCN(c1ccc(Cl)cc1)S(C)(=O)=O. The van der Waals surface area contributed by atoms with Gasteiger partial charge in [0.1, 0.15) is 0 Å². The molecule has 0 radical (unpaired) electrons. The number of nitrogens with one attached hydrogen (secondary N) is 1. The molecule has 13 heteroatoms. The first-order chi connectivity index (χ1) is 14.3. The number of likely N-dealkylation sites (N-methyl/N-ethyl adjacent to an activating group) is 1. The maximum atomic E-state index is 12.3. The third kappa shape index (κ3) is 7.10. The normalized spacial score (nSPS) is 11.9. The van der Waals surface area contributed by atoms with Gasteiger partial charge in [-0.2, -0.15) is 0 Å². The number of nitrogens with zero attached hydrogens (tertiary/aromatic N) is 4. The molecule has 1 aromatic carbocycles. The van der Waals surface area contributed by atoms with Gasteiger partial charge in [0.15, 0.2) is 22.5 Å². The third-order valence-corrected chi connectivity index (χ3v) is 6.27. The van der Waals surface area contributed by atoms with Crippen LogP contribution in [0.25, 0.3) is 0 Å². The van der Waals surface area contributed by atoms with E-state index in [0.717, 1.165) is 6.26 Å². The molecule has 2 rings (SSSR count). The number of hydrogen-bond donors (Lipinski definition) is 3. The van der Waals surface area contributed by atoms with Gasteiger partial charge >= 0.3 is 0 Å². The Hall–Kier alpha value is -2.34. The average Bonchev–Trinajstić information content (AvgIpc) is 2.65. The molecule has 2 aromatic rings. The lowest BCUT2D eigenvalue weighted by molar-refractivity contribution is -0.887. The van der Waals surface area contributed by atoms with E-state index in [2.05, 4.69) is 15.3 Å². The second kappa shape index (κ2) is 9.86. The second-order valence-corrected chi connectivity index (χ2v) is 10.3. The quantitative estimate of drug-likeness (QED) is 0.448. The summed E-state index contributed by atoms with van der Waals surface area (Å²) in [6, 6.07) is 6.60. The van der Waals surface area contributed by atoms with Crippen LogP contribution < -0.4 is 21.1 Å². The highest BCUT2D eigenvalue weighted by molar-refractivity contribution is 7.92. The number of nitrogen functional groups attached to an aromatic ring is 2. The largest absolute Gasteiger partial charge is 0.382 e. The summed E-state index contributed by atoms with van der Waals surface area (Å²) >= 11 is 11.7. The van der Waals surface area contributed by atoms with Crippen molar-refractivity contribution in [3.05, 3.63) is 40.1 Å². The molecule has 0 aliphatic rings. The lowest BCUT2D eigenvalue weighted by Gasteiger charge is -2.32. The van der Waals surface area contributed by atoms with Crippen molar-refractivity contribution in [2.45, 2.75) is 0 Å². The Kier molecular flexibility index (Phi) is 7.93. The molecule has 0 saturated heterocycles. The number of amides is 1. The molecule has 0 bridgehead atoms. The number of hydrogen-bond acceptors (Lipinski definition) is 7. The summed E-state index contributed by atoms with van der Waals surface area (Å²) in [4.78, 5) is 20.0. The molecule has 0 aliphatic carbocycles. The number of quaternary nitrogens is 1. The van der Waals surface area contributed by atoms with Crippen molar-refractivity contribution in [1.82, 2.24) is 15.3 Å². The molecule has 0 fully saturated rings. The fraction of sp³-hybridized carbons (Fsp3) is 0.389. The Morgan fingerprint density at radius 3 is 2.29 bits per heavy atom. The summed E-state index contributed by atoms with van der Waals surface area (Å²) in [6.07, 6.45) is 1.16. The van der Waals surface area contributed by atoms with E-state index >= 15 is 0 Å². The van der Waals surface area contributed by atoms with Gasteiger partial charge in [0, 0.05) is 5.02 Å². The number of anilines is 3. The number of rotatable bonds is 9. The molecule has 0 atom stereocenters. The predicted octanol–water partition coefficient (Wildman–Crippen LogP) is 1.22. The van der Waals surface area contributed by atoms with Gasteiger partial charge in [-0.25, -0.2) is 18.4 Å². The molecule has 31 heavy (non-hydrogen) atoms. The van der Waals surface area contributed by atoms with Crippen molar-refractivity contribution < 1.29 is 17.7 Å². The maximum Gasteiger partial charge on any atom is 0.273 e. The fourth-order valence-corrected chi connectivity index (χ4v) is 3.90. The zero-order chi connectivity index (χ0) is 23.4. The maximum absolute atomic E-state index is 12.3. The minimum absolute atomic E-state index is 0.0513. The van der Waals surface area contributed by atoms with Crippen molar-refractivity contribution >= 4 is 56.5 Å². The predicted molar refractivity (Wildman–Crippen MR) is 124 cm³/mol. The Morgan fingerprint density at radius 2 is 1.71 bits per heavy atom. The highest BCUT2D eigenvalue weighted by Crippen LogP contribution is 2.21. The minimum atomic E-state index is -3.48. The lowest BCUT2D eigenvalue weighted by atomic mass is 10.3. The van der Waals surface area contributed by atoms with Crippen LogP contribution >= 0.6 is 23.2 Å². The van der Waals surface area contributed by atoms with Crippen LogP contribution in [0.3, 0.4) is 0 Å². The first-order valence-corrected chi connectivity index (χ1v) is 11.8. The Bertz CT molecular complexity index is 1050. The molecule has 5 N–H and O–H groups in total. The Morgan fingerprint density at radius 1 is 1.10 bits per heavy atom. The first-order valence-electron chi connectivity index (χ1n) is 9.22. The molecule has 170 valence electrons. The monoisotopic (exact) mass is 490 g/mol. The van der Waals surface area contributed by atoms with E-state index in [1.54, 1.807) is 24.3 Å².